The third-order valence-corrected chi connectivity index (χ3v) is 1.51. The predicted octanol–water partition coefficient (Wildman–Crippen LogP) is 1.92. The number of hydrogen-bond acceptors (Lipinski definition) is 3. The summed E-state index contributed by atoms with van der Waals surface area (Å²) in [6.45, 7) is 3.85. The second-order valence-corrected chi connectivity index (χ2v) is 3.06. The topological polar surface area (TPSA) is 35.5 Å². The molecule has 84 valence electrons. The van der Waals surface area contributed by atoms with E-state index >= 15 is 0 Å². The molecule has 0 amide bonds. The Labute approximate surface area is 91.5 Å². The normalized spacial score (nSPS) is 11.9. The highest BCUT2D eigenvalue weighted by Crippen LogP contribution is 1.94. The molecule has 3 heteroatoms. The molecule has 15 heavy (non-hydrogen) atoms. The van der Waals surface area contributed by atoms with Gasteiger partial charge in [-0.2, -0.15) is 0 Å². The van der Waals surface area contributed by atoms with E-state index in [1.54, 1.807) is 19.1 Å². The van der Waals surface area contributed by atoms with E-state index in [1.165, 1.54) is 7.11 Å². The SMILES string of the molecule is CCCC#C/C=C/C(C)OC(=O)COC. The van der Waals surface area contributed by atoms with Gasteiger partial charge in [0, 0.05) is 13.5 Å². The standard InChI is InChI=1S/C12H18O3/c1-4-5-6-7-8-9-11(2)15-12(13)10-14-3/h8-9,11H,4-5,10H2,1-3H3/b9-8+. The van der Waals surface area contributed by atoms with Gasteiger partial charge in [-0.25, -0.2) is 4.79 Å². The maximum Gasteiger partial charge on any atom is 0.332 e. The van der Waals surface area contributed by atoms with Crippen LogP contribution in [0.15, 0.2) is 12.2 Å². The summed E-state index contributed by atoms with van der Waals surface area (Å²) in [6, 6.07) is 0. The molecule has 0 radical (unpaired) electrons. The minimum atomic E-state index is -0.365. The maximum atomic E-state index is 11.0. The summed E-state index contributed by atoms with van der Waals surface area (Å²) in [7, 11) is 1.46. The lowest BCUT2D eigenvalue weighted by Crippen LogP contribution is -2.16. The summed E-state index contributed by atoms with van der Waals surface area (Å²) < 4.78 is 9.61. The van der Waals surface area contributed by atoms with Crippen molar-refractivity contribution in [2.75, 3.05) is 13.7 Å². The minimum Gasteiger partial charge on any atom is -0.457 e. The number of allylic oxidation sites excluding steroid dienone is 1. The third-order valence-electron chi connectivity index (χ3n) is 1.51. The fourth-order valence-corrected chi connectivity index (χ4v) is 0.838. The van der Waals surface area contributed by atoms with Crippen LogP contribution in [0, 0.1) is 11.8 Å². The van der Waals surface area contributed by atoms with E-state index < -0.39 is 0 Å². The molecule has 0 aliphatic carbocycles. The minimum absolute atomic E-state index is 0.0142. The van der Waals surface area contributed by atoms with Crippen LogP contribution in [-0.2, 0) is 14.3 Å². The molecule has 1 atom stereocenters. The highest BCUT2D eigenvalue weighted by Gasteiger charge is 2.04. The molecular formula is C12H18O3. The smallest absolute Gasteiger partial charge is 0.332 e. The Balaban J connectivity index is 3.78. The van der Waals surface area contributed by atoms with Crippen molar-refractivity contribution in [3.63, 3.8) is 0 Å². The van der Waals surface area contributed by atoms with Gasteiger partial charge in [0.1, 0.15) is 12.7 Å². The number of methoxy groups -OCH3 is 1. The average Bonchev–Trinajstić information content (AvgIpc) is 2.17. The Morgan fingerprint density at radius 1 is 1.53 bits per heavy atom. The van der Waals surface area contributed by atoms with Crippen molar-refractivity contribution >= 4 is 5.97 Å². The van der Waals surface area contributed by atoms with Crippen molar-refractivity contribution < 1.29 is 14.3 Å². The van der Waals surface area contributed by atoms with E-state index in [0.29, 0.717) is 0 Å². The van der Waals surface area contributed by atoms with Crippen LogP contribution in [0.25, 0.3) is 0 Å². The zero-order valence-electron chi connectivity index (χ0n) is 9.58. The summed E-state index contributed by atoms with van der Waals surface area (Å²) in [5.41, 5.74) is 0. The van der Waals surface area contributed by atoms with E-state index in [0.717, 1.165) is 12.8 Å². The van der Waals surface area contributed by atoms with E-state index in [4.69, 9.17) is 4.74 Å². The van der Waals surface area contributed by atoms with Gasteiger partial charge >= 0.3 is 5.97 Å². The zero-order chi connectivity index (χ0) is 11.5. The van der Waals surface area contributed by atoms with Crippen LogP contribution in [0.1, 0.15) is 26.7 Å². The largest absolute Gasteiger partial charge is 0.457 e. The van der Waals surface area contributed by atoms with Crippen LogP contribution < -0.4 is 0 Å². The molecule has 0 aromatic heterocycles. The monoisotopic (exact) mass is 210 g/mol. The molecule has 3 nitrogen and oxygen atoms in total. The molecule has 0 fully saturated rings. The molecule has 0 aromatic carbocycles. The molecule has 0 bridgehead atoms. The molecule has 0 spiro atoms. The highest BCUT2D eigenvalue weighted by atomic mass is 16.6. The lowest BCUT2D eigenvalue weighted by atomic mass is 10.3. The van der Waals surface area contributed by atoms with E-state index in [1.807, 2.05) is 0 Å². The average molecular weight is 210 g/mol. The first-order valence-corrected chi connectivity index (χ1v) is 5.04. The van der Waals surface area contributed by atoms with Gasteiger partial charge in [-0.05, 0) is 25.5 Å². The van der Waals surface area contributed by atoms with Gasteiger partial charge in [0.25, 0.3) is 0 Å². The van der Waals surface area contributed by atoms with Gasteiger partial charge in [-0.15, -0.1) is 0 Å². The second kappa shape index (κ2) is 9.29. The number of carbonyl (C=O) groups is 1. The lowest BCUT2D eigenvalue weighted by Gasteiger charge is -2.07. The fraction of sp³-hybridized carbons (Fsp3) is 0.583. The Morgan fingerprint density at radius 3 is 2.87 bits per heavy atom. The molecule has 1 unspecified atom stereocenters. The summed E-state index contributed by atoms with van der Waals surface area (Å²) >= 11 is 0. The van der Waals surface area contributed by atoms with Gasteiger partial charge in [-0.3, -0.25) is 0 Å². The molecule has 0 aromatic rings. The first-order valence-electron chi connectivity index (χ1n) is 5.04. The van der Waals surface area contributed by atoms with Crippen molar-refractivity contribution in [1.82, 2.24) is 0 Å². The molecule has 0 N–H and O–H groups in total. The highest BCUT2D eigenvalue weighted by molar-refractivity contribution is 5.71. The van der Waals surface area contributed by atoms with Gasteiger partial charge in [0.15, 0.2) is 0 Å². The molecule has 0 aliphatic rings. The number of unbranched alkanes of at least 4 members (excludes halogenated alkanes) is 1. The van der Waals surface area contributed by atoms with E-state index in [2.05, 4.69) is 23.5 Å². The Bertz CT molecular complexity index is 258. The molecule has 0 saturated heterocycles. The zero-order valence-corrected chi connectivity index (χ0v) is 9.58. The van der Waals surface area contributed by atoms with Crippen molar-refractivity contribution in [1.29, 1.82) is 0 Å². The third kappa shape index (κ3) is 9.04. The van der Waals surface area contributed by atoms with Crippen LogP contribution in [-0.4, -0.2) is 25.8 Å². The number of hydrogen-bond donors (Lipinski definition) is 0. The molecular weight excluding hydrogens is 192 g/mol. The Morgan fingerprint density at radius 2 is 2.27 bits per heavy atom. The molecule has 0 rings (SSSR count). The van der Waals surface area contributed by atoms with Gasteiger partial charge < -0.3 is 9.47 Å². The van der Waals surface area contributed by atoms with Crippen molar-refractivity contribution in [3.8, 4) is 11.8 Å². The van der Waals surface area contributed by atoms with E-state index in [9.17, 15) is 4.79 Å². The number of rotatable bonds is 5. The van der Waals surface area contributed by atoms with Gasteiger partial charge in [0.05, 0.1) is 0 Å². The maximum absolute atomic E-state index is 11.0. The van der Waals surface area contributed by atoms with Crippen LogP contribution in [0.2, 0.25) is 0 Å². The summed E-state index contributed by atoms with van der Waals surface area (Å²) in [5.74, 6) is 5.47. The van der Waals surface area contributed by atoms with Gasteiger partial charge in [-0.1, -0.05) is 18.8 Å². The number of carbonyl (C=O) groups excluding carboxylic acids is 1. The Kier molecular flexibility index (Phi) is 8.50. The first-order chi connectivity index (χ1) is 7.20. The summed E-state index contributed by atoms with van der Waals surface area (Å²) in [4.78, 5) is 11.0. The lowest BCUT2D eigenvalue weighted by molar-refractivity contribution is -0.150. The van der Waals surface area contributed by atoms with Gasteiger partial charge in [0.2, 0.25) is 0 Å². The van der Waals surface area contributed by atoms with Crippen molar-refractivity contribution in [3.05, 3.63) is 12.2 Å². The predicted molar refractivity (Wildman–Crippen MR) is 59.3 cm³/mol. The molecule has 0 saturated carbocycles. The molecule has 0 heterocycles. The summed E-state index contributed by atoms with van der Waals surface area (Å²) in [6.07, 6.45) is 5.14. The molecule has 0 aliphatic heterocycles. The number of ether oxygens (including phenoxy) is 2. The number of esters is 1. The van der Waals surface area contributed by atoms with Crippen LogP contribution in [0.3, 0.4) is 0 Å². The van der Waals surface area contributed by atoms with Crippen molar-refractivity contribution in [2.45, 2.75) is 32.8 Å². The van der Waals surface area contributed by atoms with E-state index in [-0.39, 0.29) is 18.7 Å². The summed E-state index contributed by atoms with van der Waals surface area (Å²) in [5, 5.41) is 0. The van der Waals surface area contributed by atoms with Crippen molar-refractivity contribution in [2.24, 2.45) is 0 Å². The Hall–Kier alpha value is -1.27. The first kappa shape index (κ1) is 13.7. The quantitative estimate of drug-likeness (QED) is 0.513. The van der Waals surface area contributed by atoms with Crippen LogP contribution >= 0.6 is 0 Å². The fourth-order valence-electron chi connectivity index (χ4n) is 0.838. The second-order valence-electron chi connectivity index (χ2n) is 3.06. The van der Waals surface area contributed by atoms with Crippen LogP contribution in [0.4, 0.5) is 0 Å². The van der Waals surface area contributed by atoms with Crippen LogP contribution in [0.5, 0.6) is 0 Å².